The Kier molecular flexibility index (Phi) is 6.64. The summed E-state index contributed by atoms with van der Waals surface area (Å²) in [4.78, 5) is 29.5. The van der Waals surface area contributed by atoms with Crippen LogP contribution in [0.4, 0.5) is 5.69 Å². The second-order valence-electron chi connectivity index (χ2n) is 6.53. The summed E-state index contributed by atoms with van der Waals surface area (Å²) in [5, 5.41) is 5.28. The van der Waals surface area contributed by atoms with E-state index in [2.05, 4.69) is 5.32 Å². The van der Waals surface area contributed by atoms with Gasteiger partial charge in [-0.05, 0) is 54.4 Å². The Balaban J connectivity index is 1.63. The highest BCUT2D eigenvalue weighted by Gasteiger charge is 2.41. The minimum absolute atomic E-state index is 0.0444. The van der Waals surface area contributed by atoms with E-state index in [4.69, 9.17) is 17.0 Å². The van der Waals surface area contributed by atoms with Crippen LogP contribution in [-0.2, 0) is 16.1 Å². The zero-order chi connectivity index (χ0) is 20.1. The van der Waals surface area contributed by atoms with Gasteiger partial charge in [0.1, 0.15) is 11.8 Å². The third-order valence-electron chi connectivity index (χ3n) is 4.42. The lowest BCUT2D eigenvalue weighted by molar-refractivity contribution is -0.130. The van der Waals surface area contributed by atoms with Crippen LogP contribution in [0.1, 0.15) is 24.6 Å². The normalized spacial score (nSPS) is 16.6. The number of ether oxygens (including phenoxy) is 1. The second kappa shape index (κ2) is 9.16. The van der Waals surface area contributed by atoms with E-state index >= 15 is 0 Å². The molecule has 8 heteroatoms. The molecule has 1 aliphatic rings. The molecule has 0 radical (unpaired) electrons. The Morgan fingerprint density at radius 1 is 1.29 bits per heavy atom. The number of nitrogens with one attached hydrogen (secondary N) is 1. The predicted molar refractivity (Wildman–Crippen MR) is 114 cm³/mol. The Morgan fingerprint density at radius 3 is 2.68 bits per heavy atom. The first-order valence-electron chi connectivity index (χ1n) is 9.13. The molecule has 0 bridgehead atoms. The number of amides is 2. The lowest BCUT2D eigenvalue weighted by atomic mass is 10.1. The zero-order valence-corrected chi connectivity index (χ0v) is 17.5. The molecule has 3 rings (SSSR count). The van der Waals surface area contributed by atoms with Crippen molar-refractivity contribution in [2.75, 3.05) is 19.0 Å². The number of thiophene rings is 1. The van der Waals surface area contributed by atoms with Crippen LogP contribution in [0.15, 0.2) is 41.8 Å². The molecule has 0 spiro atoms. The lowest BCUT2D eigenvalue weighted by Crippen LogP contribution is -2.37. The van der Waals surface area contributed by atoms with Gasteiger partial charge in [0.2, 0.25) is 5.91 Å². The molecule has 1 atom stereocenters. The number of carbonyl (C=O) groups is 2. The van der Waals surface area contributed by atoms with Crippen molar-refractivity contribution in [1.82, 2.24) is 9.80 Å². The van der Waals surface area contributed by atoms with Gasteiger partial charge in [-0.15, -0.1) is 11.3 Å². The highest BCUT2D eigenvalue weighted by atomic mass is 32.1. The van der Waals surface area contributed by atoms with Crippen LogP contribution in [0, 0.1) is 0 Å². The first kappa shape index (κ1) is 20.3. The maximum absolute atomic E-state index is 12.6. The number of likely N-dealkylation sites (N-methyl/N-ethyl adjacent to an activating group) is 1. The fraction of sp³-hybridized carbons (Fsp3) is 0.350. The molecule has 28 heavy (non-hydrogen) atoms. The zero-order valence-electron chi connectivity index (χ0n) is 15.9. The third-order valence-corrected chi connectivity index (χ3v) is 5.79. The number of hydrogen-bond acceptors (Lipinski definition) is 5. The maximum atomic E-state index is 12.6. The standard InChI is InChI=1S/C20H23N3O3S2/c1-3-10-26-15-8-6-14(7-9-15)21-18(24)12-17-19(25)22(2)20(27)23(17)13-16-5-4-11-28-16/h4-9,11,17H,3,10,12-13H2,1-2H3,(H,21,24)/t17-/m0/s1. The Labute approximate surface area is 174 Å². The molecule has 6 nitrogen and oxygen atoms in total. The van der Waals surface area contributed by atoms with Crippen LogP contribution in [0.5, 0.6) is 5.75 Å². The van der Waals surface area contributed by atoms with Crippen LogP contribution in [0.2, 0.25) is 0 Å². The van der Waals surface area contributed by atoms with E-state index in [1.54, 1.807) is 30.5 Å². The quantitative estimate of drug-likeness (QED) is 0.666. The van der Waals surface area contributed by atoms with Crippen molar-refractivity contribution in [3.63, 3.8) is 0 Å². The Hall–Kier alpha value is -2.45. The van der Waals surface area contributed by atoms with E-state index in [0.717, 1.165) is 17.0 Å². The van der Waals surface area contributed by atoms with Gasteiger partial charge in [0, 0.05) is 17.6 Å². The van der Waals surface area contributed by atoms with E-state index < -0.39 is 6.04 Å². The van der Waals surface area contributed by atoms with Gasteiger partial charge < -0.3 is 15.0 Å². The molecule has 0 saturated carbocycles. The minimum atomic E-state index is -0.591. The molecular weight excluding hydrogens is 394 g/mol. The molecule has 148 valence electrons. The number of carbonyl (C=O) groups excluding carboxylic acids is 2. The van der Waals surface area contributed by atoms with Crippen molar-refractivity contribution in [2.24, 2.45) is 0 Å². The monoisotopic (exact) mass is 417 g/mol. The molecule has 2 aromatic rings. The molecule has 1 fully saturated rings. The molecule has 0 aliphatic carbocycles. The highest BCUT2D eigenvalue weighted by molar-refractivity contribution is 7.80. The molecule has 0 unspecified atom stereocenters. The summed E-state index contributed by atoms with van der Waals surface area (Å²) >= 11 is 7.01. The lowest BCUT2D eigenvalue weighted by Gasteiger charge is -2.22. The average molecular weight is 418 g/mol. The van der Waals surface area contributed by atoms with Gasteiger partial charge in [-0.25, -0.2) is 0 Å². The summed E-state index contributed by atoms with van der Waals surface area (Å²) < 4.78 is 5.54. The fourth-order valence-corrected chi connectivity index (χ4v) is 3.95. The Morgan fingerprint density at radius 2 is 2.04 bits per heavy atom. The maximum Gasteiger partial charge on any atom is 0.251 e. The van der Waals surface area contributed by atoms with Gasteiger partial charge in [0.25, 0.3) is 5.91 Å². The summed E-state index contributed by atoms with van der Waals surface area (Å²) in [6, 6.07) is 10.6. The molecule has 2 heterocycles. The average Bonchev–Trinajstić information content (AvgIpc) is 3.27. The summed E-state index contributed by atoms with van der Waals surface area (Å²) in [6.07, 6.45) is 0.981. The van der Waals surface area contributed by atoms with Crippen LogP contribution in [0.3, 0.4) is 0 Å². The number of thiocarbonyl (C=S) groups is 1. The van der Waals surface area contributed by atoms with E-state index in [9.17, 15) is 9.59 Å². The predicted octanol–water partition coefficient (Wildman–Crippen LogP) is 3.49. The molecule has 1 aromatic heterocycles. The smallest absolute Gasteiger partial charge is 0.251 e. The third kappa shape index (κ3) is 4.69. The molecule has 2 amide bonds. The fourth-order valence-electron chi connectivity index (χ4n) is 2.96. The highest BCUT2D eigenvalue weighted by Crippen LogP contribution is 2.24. The van der Waals surface area contributed by atoms with Gasteiger partial charge in [-0.1, -0.05) is 13.0 Å². The first-order chi connectivity index (χ1) is 13.5. The molecule has 1 aromatic carbocycles. The SMILES string of the molecule is CCCOc1ccc(NC(=O)C[C@H]2C(=O)N(C)C(=S)N2Cc2cccs2)cc1. The van der Waals surface area contributed by atoms with Crippen molar-refractivity contribution in [1.29, 1.82) is 0 Å². The van der Waals surface area contributed by atoms with Gasteiger partial charge in [0.05, 0.1) is 19.6 Å². The van der Waals surface area contributed by atoms with Crippen molar-refractivity contribution in [2.45, 2.75) is 32.4 Å². The van der Waals surface area contributed by atoms with Crippen molar-refractivity contribution in [3.05, 3.63) is 46.7 Å². The van der Waals surface area contributed by atoms with Crippen molar-refractivity contribution < 1.29 is 14.3 Å². The second-order valence-corrected chi connectivity index (χ2v) is 7.93. The van der Waals surface area contributed by atoms with Gasteiger partial charge in [-0.3, -0.25) is 14.5 Å². The largest absolute Gasteiger partial charge is 0.494 e. The van der Waals surface area contributed by atoms with Crippen molar-refractivity contribution in [3.8, 4) is 5.75 Å². The number of rotatable bonds is 8. The van der Waals surface area contributed by atoms with Crippen LogP contribution in [-0.4, -0.2) is 46.4 Å². The summed E-state index contributed by atoms with van der Waals surface area (Å²) in [5.74, 6) is 0.384. The number of hydrogen-bond donors (Lipinski definition) is 1. The van der Waals surface area contributed by atoms with E-state index in [-0.39, 0.29) is 18.2 Å². The first-order valence-corrected chi connectivity index (χ1v) is 10.4. The molecule has 1 saturated heterocycles. The number of anilines is 1. The van der Waals surface area contributed by atoms with Crippen molar-refractivity contribution >= 4 is 46.2 Å². The van der Waals surface area contributed by atoms with Crippen LogP contribution < -0.4 is 10.1 Å². The summed E-state index contributed by atoms with van der Waals surface area (Å²) in [6.45, 7) is 3.22. The summed E-state index contributed by atoms with van der Waals surface area (Å²) in [5.41, 5.74) is 0.667. The van der Waals surface area contributed by atoms with Gasteiger partial charge >= 0.3 is 0 Å². The molecular formula is C20H23N3O3S2. The van der Waals surface area contributed by atoms with Crippen LogP contribution in [0.25, 0.3) is 0 Å². The molecule has 1 aliphatic heterocycles. The summed E-state index contributed by atoms with van der Waals surface area (Å²) in [7, 11) is 1.65. The minimum Gasteiger partial charge on any atom is -0.494 e. The topological polar surface area (TPSA) is 61.9 Å². The molecule has 1 N–H and O–H groups in total. The van der Waals surface area contributed by atoms with E-state index in [0.29, 0.717) is 24.0 Å². The number of benzene rings is 1. The number of nitrogens with zero attached hydrogens (tertiary/aromatic N) is 2. The van der Waals surface area contributed by atoms with E-state index in [1.807, 2.05) is 41.5 Å². The Bertz CT molecular complexity index is 837. The van der Waals surface area contributed by atoms with E-state index in [1.165, 1.54) is 4.90 Å². The van der Waals surface area contributed by atoms with Crippen LogP contribution >= 0.6 is 23.6 Å². The van der Waals surface area contributed by atoms with Gasteiger partial charge in [-0.2, -0.15) is 0 Å². The van der Waals surface area contributed by atoms with Gasteiger partial charge in [0.15, 0.2) is 5.11 Å².